The van der Waals surface area contributed by atoms with E-state index in [1.807, 2.05) is 0 Å². The summed E-state index contributed by atoms with van der Waals surface area (Å²) in [6, 6.07) is 0. The van der Waals surface area contributed by atoms with Crippen LogP contribution in [0, 0.1) is 16.7 Å². The average molecular weight is 292 g/mol. The number of nitrogens with zero attached hydrogens (tertiary/aromatic N) is 2. The fourth-order valence-corrected chi connectivity index (χ4v) is 4.73. The summed E-state index contributed by atoms with van der Waals surface area (Å²) >= 11 is 0. The van der Waals surface area contributed by atoms with Crippen molar-refractivity contribution in [2.24, 2.45) is 21.9 Å². The Hall–Kier alpha value is -0.570. The Bertz CT molecular complexity index is 398. The molecule has 0 aromatic heterocycles. The minimum absolute atomic E-state index is 0.282. The smallest absolute Gasteiger partial charge is 0.118 e. The van der Waals surface area contributed by atoms with E-state index in [0.717, 1.165) is 25.4 Å². The van der Waals surface area contributed by atoms with Crippen LogP contribution in [-0.4, -0.2) is 36.9 Å². The number of oxime groups is 1. The van der Waals surface area contributed by atoms with Gasteiger partial charge in [-0.05, 0) is 62.9 Å². The van der Waals surface area contributed by atoms with Crippen LogP contribution < -0.4 is 0 Å². The van der Waals surface area contributed by atoms with Crippen LogP contribution in [0.25, 0.3) is 0 Å². The lowest BCUT2D eigenvalue weighted by Gasteiger charge is -2.34. The van der Waals surface area contributed by atoms with Crippen molar-refractivity contribution in [1.29, 1.82) is 0 Å². The van der Waals surface area contributed by atoms with Crippen molar-refractivity contribution in [3.63, 3.8) is 0 Å². The topological polar surface area (TPSA) is 24.8 Å². The van der Waals surface area contributed by atoms with Crippen LogP contribution in [-0.2, 0) is 4.84 Å². The summed E-state index contributed by atoms with van der Waals surface area (Å²) in [4.78, 5) is 8.25. The molecule has 3 fully saturated rings. The molecule has 3 aliphatic rings. The van der Waals surface area contributed by atoms with E-state index in [1.54, 1.807) is 0 Å². The molecular formula is C18H32N2O. The minimum Gasteiger partial charge on any atom is -0.396 e. The maximum Gasteiger partial charge on any atom is 0.118 e. The zero-order valence-corrected chi connectivity index (χ0v) is 14.2. The van der Waals surface area contributed by atoms with Crippen LogP contribution in [0.2, 0.25) is 0 Å². The molecule has 2 aliphatic carbocycles. The van der Waals surface area contributed by atoms with Crippen molar-refractivity contribution in [3.05, 3.63) is 0 Å². The summed E-state index contributed by atoms with van der Waals surface area (Å²) in [5.74, 6) is 0.818. The second-order valence-electron chi connectivity index (χ2n) is 8.12. The molecule has 2 saturated carbocycles. The second-order valence-corrected chi connectivity index (χ2v) is 8.12. The summed E-state index contributed by atoms with van der Waals surface area (Å²) in [5, 5.41) is 4.55. The maximum absolute atomic E-state index is 5.68. The van der Waals surface area contributed by atoms with E-state index in [0.29, 0.717) is 5.41 Å². The highest BCUT2D eigenvalue weighted by molar-refractivity contribution is 5.93. The van der Waals surface area contributed by atoms with Crippen molar-refractivity contribution < 1.29 is 4.84 Å². The van der Waals surface area contributed by atoms with E-state index < -0.39 is 0 Å². The van der Waals surface area contributed by atoms with E-state index >= 15 is 0 Å². The second kappa shape index (κ2) is 5.91. The predicted molar refractivity (Wildman–Crippen MR) is 87.5 cm³/mol. The summed E-state index contributed by atoms with van der Waals surface area (Å²) in [5.41, 5.74) is 2.02. The van der Waals surface area contributed by atoms with Gasteiger partial charge < -0.3 is 9.74 Å². The van der Waals surface area contributed by atoms with Crippen LogP contribution in [0.1, 0.15) is 65.7 Å². The van der Waals surface area contributed by atoms with Gasteiger partial charge in [0, 0.05) is 12.0 Å². The molecule has 3 rings (SSSR count). The average Bonchev–Trinajstić information content (AvgIpc) is 2.81. The quantitative estimate of drug-likeness (QED) is 0.563. The maximum atomic E-state index is 5.68. The highest BCUT2D eigenvalue weighted by Crippen LogP contribution is 2.63. The Kier molecular flexibility index (Phi) is 4.31. The van der Waals surface area contributed by atoms with Crippen LogP contribution in [0.4, 0.5) is 0 Å². The summed E-state index contributed by atoms with van der Waals surface area (Å²) < 4.78 is 0. The molecule has 0 spiro atoms. The van der Waals surface area contributed by atoms with E-state index in [-0.39, 0.29) is 5.41 Å². The first-order valence-electron chi connectivity index (χ1n) is 8.96. The highest BCUT2D eigenvalue weighted by Gasteiger charge is 2.60. The molecule has 2 bridgehead atoms. The van der Waals surface area contributed by atoms with E-state index in [2.05, 4.69) is 30.8 Å². The van der Waals surface area contributed by atoms with Gasteiger partial charge in [0.25, 0.3) is 0 Å². The summed E-state index contributed by atoms with van der Waals surface area (Å²) in [7, 11) is 0. The monoisotopic (exact) mass is 292 g/mol. The van der Waals surface area contributed by atoms with Gasteiger partial charge in [-0.1, -0.05) is 32.3 Å². The van der Waals surface area contributed by atoms with Crippen LogP contribution >= 0.6 is 0 Å². The van der Waals surface area contributed by atoms with Gasteiger partial charge in [-0.3, -0.25) is 0 Å². The molecule has 0 aromatic rings. The SMILES string of the molecule is CC12CCC(C/C1=N\OCCCN1CCCCC1)C2(C)C. The fraction of sp³-hybridized carbons (Fsp3) is 0.944. The number of hydrogen-bond donors (Lipinski definition) is 0. The van der Waals surface area contributed by atoms with Gasteiger partial charge in [0.1, 0.15) is 6.61 Å². The van der Waals surface area contributed by atoms with Gasteiger partial charge in [-0.15, -0.1) is 0 Å². The first-order valence-corrected chi connectivity index (χ1v) is 8.96. The zero-order valence-electron chi connectivity index (χ0n) is 14.2. The van der Waals surface area contributed by atoms with Crippen molar-refractivity contribution in [2.45, 2.75) is 65.7 Å². The molecule has 0 amide bonds. The third-order valence-corrected chi connectivity index (χ3v) is 6.85. The molecule has 0 N–H and O–H groups in total. The van der Waals surface area contributed by atoms with Crippen molar-refractivity contribution in [3.8, 4) is 0 Å². The van der Waals surface area contributed by atoms with Gasteiger partial charge >= 0.3 is 0 Å². The van der Waals surface area contributed by atoms with Crippen molar-refractivity contribution >= 4 is 5.71 Å². The van der Waals surface area contributed by atoms with Gasteiger partial charge in [-0.2, -0.15) is 0 Å². The third kappa shape index (κ3) is 2.74. The third-order valence-electron chi connectivity index (χ3n) is 6.85. The predicted octanol–water partition coefficient (Wildman–Crippen LogP) is 4.08. The lowest BCUT2D eigenvalue weighted by atomic mass is 9.70. The van der Waals surface area contributed by atoms with E-state index in [9.17, 15) is 0 Å². The number of likely N-dealkylation sites (tertiary alicyclic amines) is 1. The molecule has 1 saturated heterocycles. The van der Waals surface area contributed by atoms with Crippen LogP contribution in [0.15, 0.2) is 5.16 Å². The molecule has 3 nitrogen and oxygen atoms in total. The number of fused-ring (bicyclic) bond motifs is 2. The van der Waals surface area contributed by atoms with E-state index in [4.69, 9.17) is 4.84 Å². The highest BCUT2D eigenvalue weighted by atomic mass is 16.6. The van der Waals surface area contributed by atoms with Crippen molar-refractivity contribution in [1.82, 2.24) is 4.90 Å². The Balaban J connectivity index is 1.43. The van der Waals surface area contributed by atoms with Gasteiger partial charge in [0.2, 0.25) is 0 Å². The summed E-state index contributed by atoms with van der Waals surface area (Å²) in [6.45, 7) is 11.8. The number of hydrogen-bond acceptors (Lipinski definition) is 3. The summed E-state index contributed by atoms with van der Waals surface area (Å²) in [6.07, 6.45) is 9.10. The molecular weight excluding hydrogens is 260 g/mol. The van der Waals surface area contributed by atoms with Gasteiger partial charge in [-0.25, -0.2) is 0 Å². The van der Waals surface area contributed by atoms with Gasteiger partial charge in [0.15, 0.2) is 0 Å². The minimum atomic E-state index is 0.282. The molecule has 0 aromatic carbocycles. The molecule has 1 heterocycles. The molecule has 120 valence electrons. The van der Waals surface area contributed by atoms with Crippen molar-refractivity contribution in [2.75, 3.05) is 26.2 Å². The largest absolute Gasteiger partial charge is 0.396 e. The molecule has 1 aliphatic heterocycles. The Morgan fingerprint density at radius 1 is 1.19 bits per heavy atom. The molecule has 2 atom stereocenters. The van der Waals surface area contributed by atoms with E-state index in [1.165, 1.54) is 57.5 Å². The van der Waals surface area contributed by atoms with Gasteiger partial charge in [0.05, 0.1) is 5.71 Å². The van der Waals surface area contributed by atoms with Crippen LogP contribution in [0.5, 0.6) is 0 Å². The molecule has 21 heavy (non-hydrogen) atoms. The fourth-order valence-electron chi connectivity index (χ4n) is 4.73. The first kappa shape index (κ1) is 15.3. The number of piperidine rings is 1. The molecule has 2 unspecified atom stereocenters. The Morgan fingerprint density at radius 3 is 2.57 bits per heavy atom. The first-order chi connectivity index (χ1) is 10.0. The zero-order chi connectivity index (χ0) is 14.9. The normalized spacial score (nSPS) is 37.3. The standard InChI is InChI=1S/C18H32N2O/c1-17(2)15-8-9-18(17,3)16(14-15)19-21-13-7-12-20-10-5-4-6-11-20/h15H,4-14H2,1-3H3/b19-16+. The Morgan fingerprint density at radius 2 is 1.95 bits per heavy atom. The Labute approximate surface area is 130 Å². The lowest BCUT2D eigenvalue weighted by molar-refractivity contribution is 0.119. The lowest BCUT2D eigenvalue weighted by Crippen LogP contribution is -2.32. The van der Waals surface area contributed by atoms with Crippen LogP contribution in [0.3, 0.4) is 0 Å². The number of rotatable bonds is 5. The molecule has 0 radical (unpaired) electrons. The molecule has 3 heteroatoms.